The molecule has 3 nitrogen and oxygen atoms in total. The Bertz CT molecular complexity index is 311. The van der Waals surface area contributed by atoms with Crippen molar-refractivity contribution >= 4 is 36.6 Å². The number of rotatable bonds is 4. The predicted octanol–water partition coefficient (Wildman–Crippen LogP) is 1.68. The Balaban J connectivity index is 3.22. The third-order valence-electron chi connectivity index (χ3n) is 2.20. The Kier molecular flexibility index (Phi) is 4.72. The molecule has 0 aliphatic rings. The SMILES string of the molecule is CO[Si](OC)(OC)c1cc(C)cc(I)c1. The van der Waals surface area contributed by atoms with Crippen LogP contribution in [0.15, 0.2) is 18.2 Å². The first kappa shape index (κ1) is 13.1. The van der Waals surface area contributed by atoms with E-state index in [1.165, 1.54) is 5.56 Å². The molecular weight excluding hydrogens is 323 g/mol. The molecule has 0 heterocycles. The Morgan fingerprint density at radius 1 is 1.00 bits per heavy atom. The molecule has 0 unspecified atom stereocenters. The second kappa shape index (κ2) is 5.40. The summed E-state index contributed by atoms with van der Waals surface area (Å²) >= 11 is 2.28. The molecule has 0 atom stereocenters. The molecule has 1 rings (SSSR count). The average molecular weight is 338 g/mol. The van der Waals surface area contributed by atoms with E-state index in [0.29, 0.717) is 0 Å². The molecule has 0 N–H and O–H groups in total. The molecule has 0 aliphatic heterocycles. The summed E-state index contributed by atoms with van der Waals surface area (Å²) in [5.74, 6) is 0. The van der Waals surface area contributed by atoms with Gasteiger partial charge in [-0.1, -0.05) is 6.07 Å². The number of hydrogen-bond acceptors (Lipinski definition) is 3. The zero-order valence-corrected chi connectivity index (χ0v) is 12.5. The van der Waals surface area contributed by atoms with Gasteiger partial charge in [-0.3, -0.25) is 0 Å². The normalized spacial score (nSPS) is 11.8. The van der Waals surface area contributed by atoms with Gasteiger partial charge < -0.3 is 13.3 Å². The largest absolute Gasteiger partial charge is 0.536 e. The predicted molar refractivity (Wildman–Crippen MR) is 70.3 cm³/mol. The molecule has 0 aromatic heterocycles. The number of benzene rings is 1. The van der Waals surface area contributed by atoms with Crippen LogP contribution in [0.3, 0.4) is 0 Å². The van der Waals surface area contributed by atoms with Crippen LogP contribution in [0.25, 0.3) is 0 Å². The smallest absolute Gasteiger partial charge is 0.373 e. The minimum atomic E-state index is -2.66. The van der Waals surface area contributed by atoms with Crippen molar-refractivity contribution < 1.29 is 13.3 Å². The summed E-state index contributed by atoms with van der Waals surface area (Å²) < 4.78 is 17.4. The minimum Gasteiger partial charge on any atom is -0.373 e. The minimum absolute atomic E-state index is 0.999. The molecule has 84 valence electrons. The summed E-state index contributed by atoms with van der Waals surface area (Å²) in [6, 6.07) is 6.19. The molecule has 0 bridgehead atoms. The highest BCUT2D eigenvalue weighted by Crippen LogP contribution is 2.12. The third kappa shape index (κ3) is 2.79. The van der Waals surface area contributed by atoms with Crippen LogP contribution in [-0.4, -0.2) is 30.1 Å². The lowest BCUT2D eigenvalue weighted by molar-refractivity contribution is 0.140. The topological polar surface area (TPSA) is 27.7 Å². The van der Waals surface area contributed by atoms with Crippen LogP contribution in [0, 0.1) is 10.5 Å². The second-order valence-electron chi connectivity index (χ2n) is 3.19. The van der Waals surface area contributed by atoms with Crippen LogP contribution in [0.4, 0.5) is 0 Å². The van der Waals surface area contributed by atoms with Gasteiger partial charge in [-0.2, -0.15) is 0 Å². The van der Waals surface area contributed by atoms with Gasteiger partial charge in [0.15, 0.2) is 0 Å². The summed E-state index contributed by atoms with van der Waals surface area (Å²) in [4.78, 5) is 0. The van der Waals surface area contributed by atoms with E-state index in [9.17, 15) is 0 Å². The molecule has 5 heteroatoms. The highest BCUT2D eigenvalue weighted by Gasteiger charge is 2.40. The molecular formula is C10H15IO3Si. The summed E-state index contributed by atoms with van der Waals surface area (Å²) in [6.07, 6.45) is 0. The fraction of sp³-hybridized carbons (Fsp3) is 0.400. The molecule has 0 aliphatic carbocycles. The molecule has 0 fully saturated rings. The number of halogens is 1. The van der Waals surface area contributed by atoms with Crippen molar-refractivity contribution in [1.29, 1.82) is 0 Å². The maximum atomic E-state index is 5.42. The molecule has 0 saturated carbocycles. The number of hydrogen-bond donors (Lipinski definition) is 0. The van der Waals surface area contributed by atoms with Gasteiger partial charge in [0.2, 0.25) is 0 Å². The van der Waals surface area contributed by atoms with E-state index in [-0.39, 0.29) is 0 Å². The van der Waals surface area contributed by atoms with Gasteiger partial charge in [-0.25, -0.2) is 0 Å². The van der Waals surface area contributed by atoms with E-state index < -0.39 is 8.80 Å². The molecule has 1 aromatic rings. The van der Waals surface area contributed by atoms with Crippen LogP contribution >= 0.6 is 22.6 Å². The fourth-order valence-corrected chi connectivity index (χ4v) is 4.58. The standard InChI is InChI=1S/C10H15IO3Si/c1-8-5-9(11)7-10(6-8)15(12-2,13-3)14-4/h5-7H,1-4H3. The first-order valence-electron chi connectivity index (χ1n) is 4.51. The Labute approximate surface area is 105 Å². The van der Waals surface area contributed by atoms with Crippen molar-refractivity contribution in [3.8, 4) is 0 Å². The average Bonchev–Trinajstić information content (AvgIpc) is 2.20. The first-order chi connectivity index (χ1) is 7.07. The van der Waals surface area contributed by atoms with Crippen LogP contribution in [0.1, 0.15) is 5.56 Å². The van der Waals surface area contributed by atoms with Gasteiger partial charge in [0.1, 0.15) is 0 Å². The Morgan fingerprint density at radius 2 is 1.53 bits per heavy atom. The number of aryl methyl sites for hydroxylation is 1. The van der Waals surface area contributed by atoms with Crippen molar-refractivity contribution in [2.24, 2.45) is 0 Å². The van der Waals surface area contributed by atoms with Crippen LogP contribution in [0.5, 0.6) is 0 Å². The molecule has 1 aromatic carbocycles. The first-order valence-corrected chi connectivity index (χ1v) is 7.31. The van der Waals surface area contributed by atoms with Crippen LogP contribution < -0.4 is 5.19 Å². The summed E-state index contributed by atoms with van der Waals surface area (Å²) in [5.41, 5.74) is 1.18. The van der Waals surface area contributed by atoms with E-state index in [4.69, 9.17) is 13.3 Å². The van der Waals surface area contributed by atoms with Gasteiger partial charge in [-0.15, -0.1) is 0 Å². The van der Waals surface area contributed by atoms with Crippen molar-refractivity contribution in [3.63, 3.8) is 0 Å². The van der Waals surface area contributed by atoms with Gasteiger partial charge in [-0.05, 0) is 47.2 Å². The highest BCUT2D eigenvalue weighted by atomic mass is 127. The third-order valence-corrected chi connectivity index (χ3v) is 5.43. The summed E-state index contributed by atoms with van der Waals surface area (Å²) in [5, 5.41) is 0.999. The lowest BCUT2D eigenvalue weighted by Crippen LogP contribution is -2.54. The lowest BCUT2D eigenvalue weighted by Gasteiger charge is -2.25. The fourth-order valence-electron chi connectivity index (χ4n) is 1.52. The maximum absolute atomic E-state index is 5.42. The van der Waals surface area contributed by atoms with Crippen molar-refractivity contribution in [2.45, 2.75) is 6.92 Å². The van der Waals surface area contributed by atoms with E-state index in [2.05, 4.69) is 28.7 Å². The van der Waals surface area contributed by atoms with Crippen molar-refractivity contribution in [1.82, 2.24) is 0 Å². The monoisotopic (exact) mass is 338 g/mol. The maximum Gasteiger partial charge on any atom is 0.536 e. The highest BCUT2D eigenvalue weighted by molar-refractivity contribution is 14.1. The summed E-state index contributed by atoms with van der Waals surface area (Å²) in [7, 11) is 2.20. The van der Waals surface area contributed by atoms with E-state index >= 15 is 0 Å². The van der Waals surface area contributed by atoms with Gasteiger partial charge in [0.05, 0.1) is 0 Å². The molecule has 0 radical (unpaired) electrons. The van der Waals surface area contributed by atoms with Crippen molar-refractivity contribution in [2.75, 3.05) is 21.3 Å². The summed E-state index contributed by atoms with van der Waals surface area (Å²) in [6.45, 7) is 2.05. The second-order valence-corrected chi connectivity index (χ2v) is 7.35. The van der Waals surface area contributed by atoms with Gasteiger partial charge in [0, 0.05) is 30.1 Å². The zero-order valence-electron chi connectivity index (χ0n) is 9.33. The van der Waals surface area contributed by atoms with E-state index in [1.807, 2.05) is 19.1 Å². The molecule has 0 saturated heterocycles. The quantitative estimate of drug-likeness (QED) is 0.618. The zero-order chi connectivity index (χ0) is 11.5. The lowest BCUT2D eigenvalue weighted by atomic mass is 10.2. The van der Waals surface area contributed by atoms with E-state index in [1.54, 1.807) is 21.3 Å². The van der Waals surface area contributed by atoms with Crippen LogP contribution in [0.2, 0.25) is 0 Å². The molecule has 15 heavy (non-hydrogen) atoms. The Morgan fingerprint density at radius 3 is 1.93 bits per heavy atom. The van der Waals surface area contributed by atoms with Gasteiger partial charge >= 0.3 is 8.80 Å². The van der Waals surface area contributed by atoms with Crippen molar-refractivity contribution in [3.05, 3.63) is 27.3 Å². The molecule has 0 amide bonds. The van der Waals surface area contributed by atoms with Gasteiger partial charge in [0.25, 0.3) is 0 Å². The Hall–Kier alpha value is 0.0469. The molecule has 0 spiro atoms. The van der Waals surface area contributed by atoms with E-state index in [0.717, 1.165) is 8.76 Å². The van der Waals surface area contributed by atoms with Crippen LogP contribution in [-0.2, 0) is 13.3 Å².